The first-order valence-electron chi connectivity index (χ1n) is 4.99. The molecule has 72 valence electrons. The van der Waals surface area contributed by atoms with Crippen molar-refractivity contribution in [2.45, 2.75) is 31.6 Å². The fourth-order valence-electron chi connectivity index (χ4n) is 1.40. The molecule has 1 N–H and O–H groups in total. The molecule has 1 fully saturated rings. The number of rotatable bonds is 5. The van der Waals surface area contributed by atoms with Crippen LogP contribution in [0.1, 0.15) is 35.9 Å². The lowest BCUT2D eigenvalue weighted by Crippen LogP contribution is -2.08. The monoisotopic (exact) mass is 196 g/mol. The van der Waals surface area contributed by atoms with E-state index in [-0.39, 0.29) is 0 Å². The molecule has 0 saturated heterocycles. The minimum Gasteiger partial charge on any atom is -0.320 e. The Balaban J connectivity index is 1.82. The maximum atomic E-state index is 4.63. The number of hydrogen-bond donors (Lipinski definition) is 1. The van der Waals surface area contributed by atoms with Crippen LogP contribution in [0.25, 0.3) is 0 Å². The van der Waals surface area contributed by atoms with Crippen molar-refractivity contribution in [1.29, 1.82) is 0 Å². The molecule has 0 aliphatic heterocycles. The molecule has 0 amide bonds. The van der Waals surface area contributed by atoms with E-state index >= 15 is 0 Å². The van der Waals surface area contributed by atoms with Crippen LogP contribution in [-0.2, 0) is 6.42 Å². The average molecular weight is 196 g/mol. The maximum Gasteiger partial charge on any atom is 0.0959 e. The first kappa shape index (κ1) is 9.16. The number of nitrogens with zero attached hydrogens (tertiary/aromatic N) is 1. The molecule has 0 spiro atoms. The third-order valence-electron chi connectivity index (χ3n) is 2.36. The van der Waals surface area contributed by atoms with Crippen LogP contribution in [0.4, 0.5) is 0 Å². The molecule has 1 aliphatic rings. The summed E-state index contributed by atoms with van der Waals surface area (Å²) in [6, 6.07) is 0. The van der Waals surface area contributed by atoms with Gasteiger partial charge in [0.2, 0.25) is 0 Å². The SMILES string of the molecule is CNCCCc1csc(C2CC2)n1. The van der Waals surface area contributed by atoms with Crippen LogP contribution in [0.3, 0.4) is 0 Å². The van der Waals surface area contributed by atoms with E-state index in [0.717, 1.165) is 18.9 Å². The van der Waals surface area contributed by atoms with Gasteiger partial charge in [-0.15, -0.1) is 11.3 Å². The molecule has 1 aliphatic carbocycles. The lowest BCUT2D eigenvalue weighted by Gasteiger charge is -1.95. The normalized spacial score (nSPS) is 16.4. The summed E-state index contributed by atoms with van der Waals surface area (Å²) in [6.45, 7) is 1.09. The van der Waals surface area contributed by atoms with E-state index in [2.05, 4.69) is 15.7 Å². The molecule has 2 rings (SSSR count). The molecule has 0 bridgehead atoms. The Morgan fingerprint density at radius 2 is 2.46 bits per heavy atom. The molecule has 1 heterocycles. The molecular formula is C10H16N2S. The van der Waals surface area contributed by atoms with E-state index in [9.17, 15) is 0 Å². The van der Waals surface area contributed by atoms with Gasteiger partial charge in [0.1, 0.15) is 0 Å². The highest BCUT2D eigenvalue weighted by Crippen LogP contribution is 2.41. The van der Waals surface area contributed by atoms with Crippen molar-refractivity contribution in [2.75, 3.05) is 13.6 Å². The van der Waals surface area contributed by atoms with Crippen molar-refractivity contribution in [3.05, 3.63) is 16.1 Å². The first-order chi connectivity index (χ1) is 6.40. The molecular weight excluding hydrogens is 180 g/mol. The van der Waals surface area contributed by atoms with Crippen molar-refractivity contribution in [3.8, 4) is 0 Å². The molecule has 1 saturated carbocycles. The second-order valence-corrected chi connectivity index (χ2v) is 4.55. The minimum absolute atomic E-state index is 0.822. The van der Waals surface area contributed by atoms with Gasteiger partial charge in [-0.05, 0) is 39.3 Å². The topological polar surface area (TPSA) is 24.9 Å². The average Bonchev–Trinajstić information content (AvgIpc) is 2.88. The fraction of sp³-hybridized carbons (Fsp3) is 0.700. The zero-order chi connectivity index (χ0) is 9.10. The Kier molecular flexibility index (Phi) is 2.96. The number of hydrogen-bond acceptors (Lipinski definition) is 3. The highest BCUT2D eigenvalue weighted by atomic mass is 32.1. The largest absolute Gasteiger partial charge is 0.320 e. The summed E-state index contributed by atoms with van der Waals surface area (Å²) < 4.78 is 0. The van der Waals surface area contributed by atoms with Crippen LogP contribution < -0.4 is 5.32 Å². The Hall–Kier alpha value is -0.410. The standard InChI is InChI=1S/C10H16N2S/c1-11-6-2-3-9-7-13-10(12-9)8-4-5-8/h7-8,11H,2-6H2,1H3. The Morgan fingerprint density at radius 1 is 1.62 bits per heavy atom. The summed E-state index contributed by atoms with van der Waals surface area (Å²) in [4.78, 5) is 4.63. The Labute approximate surface area is 83.4 Å². The van der Waals surface area contributed by atoms with Crippen molar-refractivity contribution >= 4 is 11.3 Å². The predicted molar refractivity (Wildman–Crippen MR) is 56.3 cm³/mol. The van der Waals surface area contributed by atoms with Gasteiger partial charge in [0.15, 0.2) is 0 Å². The zero-order valence-electron chi connectivity index (χ0n) is 8.05. The number of nitrogens with one attached hydrogen (secondary N) is 1. The molecule has 0 aromatic carbocycles. The van der Waals surface area contributed by atoms with Gasteiger partial charge in [-0.1, -0.05) is 0 Å². The number of thiazole rings is 1. The first-order valence-corrected chi connectivity index (χ1v) is 5.87. The van der Waals surface area contributed by atoms with Crippen LogP contribution in [0.15, 0.2) is 5.38 Å². The van der Waals surface area contributed by atoms with Gasteiger partial charge in [-0.25, -0.2) is 4.98 Å². The van der Waals surface area contributed by atoms with Gasteiger partial charge in [0, 0.05) is 11.3 Å². The van der Waals surface area contributed by atoms with Crippen LogP contribution in [0.2, 0.25) is 0 Å². The van der Waals surface area contributed by atoms with Gasteiger partial charge in [0.25, 0.3) is 0 Å². The Morgan fingerprint density at radius 3 is 3.15 bits per heavy atom. The summed E-state index contributed by atoms with van der Waals surface area (Å²) >= 11 is 1.85. The molecule has 0 unspecified atom stereocenters. The van der Waals surface area contributed by atoms with Gasteiger partial charge in [-0.3, -0.25) is 0 Å². The van der Waals surface area contributed by atoms with Crippen molar-refractivity contribution in [3.63, 3.8) is 0 Å². The van der Waals surface area contributed by atoms with E-state index in [1.165, 1.54) is 30.0 Å². The number of aromatic nitrogens is 1. The van der Waals surface area contributed by atoms with E-state index in [1.807, 2.05) is 18.4 Å². The van der Waals surface area contributed by atoms with Crippen molar-refractivity contribution < 1.29 is 0 Å². The van der Waals surface area contributed by atoms with Gasteiger partial charge >= 0.3 is 0 Å². The van der Waals surface area contributed by atoms with E-state index in [1.54, 1.807) is 0 Å². The second-order valence-electron chi connectivity index (χ2n) is 3.66. The molecule has 13 heavy (non-hydrogen) atoms. The van der Waals surface area contributed by atoms with Crippen LogP contribution in [0, 0.1) is 0 Å². The molecule has 1 aromatic rings. The molecule has 0 atom stereocenters. The third-order valence-corrected chi connectivity index (χ3v) is 3.41. The summed E-state index contributed by atoms with van der Waals surface area (Å²) in [5, 5.41) is 6.76. The molecule has 0 radical (unpaired) electrons. The van der Waals surface area contributed by atoms with Gasteiger partial charge < -0.3 is 5.32 Å². The lowest BCUT2D eigenvalue weighted by atomic mass is 10.2. The van der Waals surface area contributed by atoms with E-state index in [0.29, 0.717) is 0 Å². The quantitative estimate of drug-likeness (QED) is 0.730. The lowest BCUT2D eigenvalue weighted by molar-refractivity contribution is 0.716. The number of aryl methyl sites for hydroxylation is 1. The summed E-state index contributed by atoms with van der Waals surface area (Å²) in [7, 11) is 2.00. The molecule has 3 heteroatoms. The highest BCUT2D eigenvalue weighted by molar-refractivity contribution is 7.09. The Bertz CT molecular complexity index is 266. The highest BCUT2D eigenvalue weighted by Gasteiger charge is 2.26. The van der Waals surface area contributed by atoms with Crippen molar-refractivity contribution in [1.82, 2.24) is 10.3 Å². The summed E-state index contributed by atoms with van der Waals surface area (Å²) in [5.41, 5.74) is 1.29. The summed E-state index contributed by atoms with van der Waals surface area (Å²) in [5.74, 6) is 0.822. The summed E-state index contributed by atoms with van der Waals surface area (Å²) in [6.07, 6.45) is 5.06. The predicted octanol–water partition coefficient (Wildman–Crippen LogP) is 2.17. The third kappa shape index (κ3) is 2.51. The van der Waals surface area contributed by atoms with Crippen LogP contribution in [-0.4, -0.2) is 18.6 Å². The van der Waals surface area contributed by atoms with Gasteiger partial charge in [-0.2, -0.15) is 0 Å². The van der Waals surface area contributed by atoms with Crippen LogP contribution >= 0.6 is 11.3 Å². The van der Waals surface area contributed by atoms with E-state index < -0.39 is 0 Å². The van der Waals surface area contributed by atoms with Gasteiger partial charge in [0.05, 0.1) is 10.7 Å². The minimum atomic E-state index is 0.822. The fourth-order valence-corrected chi connectivity index (χ4v) is 2.43. The smallest absolute Gasteiger partial charge is 0.0959 e. The second kappa shape index (κ2) is 4.20. The van der Waals surface area contributed by atoms with Crippen molar-refractivity contribution in [2.24, 2.45) is 0 Å². The van der Waals surface area contributed by atoms with Crippen LogP contribution in [0.5, 0.6) is 0 Å². The molecule has 1 aromatic heterocycles. The maximum absolute atomic E-state index is 4.63. The zero-order valence-corrected chi connectivity index (χ0v) is 8.86. The molecule has 2 nitrogen and oxygen atoms in total. The van der Waals surface area contributed by atoms with E-state index in [4.69, 9.17) is 0 Å².